The van der Waals surface area contributed by atoms with Crippen LogP contribution in [0.15, 0.2) is 10.7 Å². The minimum Gasteiger partial charge on any atom is -0.311 e. The van der Waals surface area contributed by atoms with Gasteiger partial charge in [0.2, 0.25) is 0 Å². The summed E-state index contributed by atoms with van der Waals surface area (Å²) in [7, 11) is 6.20. The van der Waals surface area contributed by atoms with Crippen LogP contribution in [-0.4, -0.2) is 42.4 Å². The lowest BCUT2D eigenvalue weighted by Crippen LogP contribution is -2.30. The fourth-order valence-electron chi connectivity index (χ4n) is 2.19. The summed E-state index contributed by atoms with van der Waals surface area (Å²) in [6, 6.07) is 0.319. The molecular formula is C14H27BrN4. The fourth-order valence-corrected chi connectivity index (χ4v) is 2.73. The maximum Gasteiger partial charge on any atom is 0.0698 e. The van der Waals surface area contributed by atoms with Gasteiger partial charge in [-0.2, -0.15) is 5.10 Å². The van der Waals surface area contributed by atoms with Gasteiger partial charge in [-0.1, -0.05) is 20.8 Å². The molecule has 0 aliphatic rings. The smallest absolute Gasteiger partial charge is 0.0698 e. The first kappa shape index (κ1) is 16.7. The van der Waals surface area contributed by atoms with Gasteiger partial charge in [0.05, 0.1) is 29.0 Å². The first-order chi connectivity index (χ1) is 8.88. The standard InChI is InChI=1S/C14H27BrN4/c1-10(2)11(3)13(16-4)14-12(15)9-17-19(14)8-7-18(5)6/h9-11,13,16H,7-8H2,1-6H3. The fraction of sp³-hybridized carbons (Fsp3) is 0.786. The Morgan fingerprint density at radius 3 is 2.47 bits per heavy atom. The summed E-state index contributed by atoms with van der Waals surface area (Å²) in [4.78, 5) is 2.18. The normalized spacial score (nSPS) is 15.2. The molecule has 2 atom stereocenters. The minimum atomic E-state index is 0.319. The lowest BCUT2D eigenvalue weighted by Gasteiger charge is -2.28. The number of rotatable bonds is 7. The first-order valence-electron chi connectivity index (χ1n) is 6.91. The third-order valence-corrected chi connectivity index (χ3v) is 4.39. The van der Waals surface area contributed by atoms with Gasteiger partial charge in [-0.3, -0.25) is 4.68 Å². The van der Waals surface area contributed by atoms with Gasteiger partial charge in [0, 0.05) is 6.54 Å². The highest BCUT2D eigenvalue weighted by Gasteiger charge is 2.26. The highest BCUT2D eigenvalue weighted by molar-refractivity contribution is 9.10. The summed E-state index contributed by atoms with van der Waals surface area (Å²) in [5, 5.41) is 7.95. The zero-order valence-corrected chi connectivity index (χ0v) is 14.5. The van der Waals surface area contributed by atoms with Crippen LogP contribution in [0.25, 0.3) is 0 Å². The Balaban J connectivity index is 2.99. The topological polar surface area (TPSA) is 33.1 Å². The molecule has 0 aromatic carbocycles. The van der Waals surface area contributed by atoms with Crippen LogP contribution in [0.4, 0.5) is 0 Å². The molecule has 0 radical (unpaired) electrons. The van der Waals surface area contributed by atoms with E-state index in [2.05, 4.69) is 70.8 Å². The van der Waals surface area contributed by atoms with Crippen LogP contribution in [0.1, 0.15) is 32.5 Å². The van der Waals surface area contributed by atoms with Crippen molar-refractivity contribution in [1.29, 1.82) is 0 Å². The van der Waals surface area contributed by atoms with Crippen LogP contribution in [-0.2, 0) is 6.54 Å². The van der Waals surface area contributed by atoms with Crippen molar-refractivity contribution in [3.8, 4) is 0 Å². The molecule has 0 aliphatic heterocycles. The predicted octanol–water partition coefficient (Wildman–Crippen LogP) is 2.76. The van der Waals surface area contributed by atoms with E-state index in [0.717, 1.165) is 17.6 Å². The SMILES string of the molecule is CNC(c1c(Br)cnn1CCN(C)C)C(C)C(C)C. The van der Waals surface area contributed by atoms with Gasteiger partial charge in [0.1, 0.15) is 0 Å². The second kappa shape index (κ2) is 7.41. The lowest BCUT2D eigenvalue weighted by molar-refractivity contribution is 0.294. The monoisotopic (exact) mass is 330 g/mol. The van der Waals surface area contributed by atoms with E-state index in [9.17, 15) is 0 Å². The average molecular weight is 331 g/mol. The zero-order valence-electron chi connectivity index (χ0n) is 12.9. The highest BCUT2D eigenvalue weighted by atomic mass is 79.9. The van der Waals surface area contributed by atoms with Crippen molar-refractivity contribution in [3.63, 3.8) is 0 Å². The van der Waals surface area contributed by atoms with E-state index in [1.165, 1.54) is 5.69 Å². The van der Waals surface area contributed by atoms with Crippen molar-refractivity contribution >= 4 is 15.9 Å². The maximum atomic E-state index is 4.50. The number of halogens is 1. The van der Waals surface area contributed by atoms with Crippen molar-refractivity contribution in [1.82, 2.24) is 20.0 Å². The molecule has 0 bridgehead atoms. The van der Waals surface area contributed by atoms with Crippen molar-refractivity contribution in [3.05, 3.63) is 16.4 Å². The molecule has 0 spiro atoms. The van der Waals surface area contributed by atoms with E-state index in [1.807, 2.05) is 13.2 Å². The van der Waals surface area contributed by atoms with E-state index >= 15 is 0 Å². The van der Waals surface area contributed by atoms with Crippen LogP contribution in [0, 0.1) is 11.8 Å². The Bertz CT molecular complexity index is 387. The zero-order chi connectivity index (χ0) is 14.6. The predicted molar refractivity (Wildman–Crippen MR) is 84.3 cm³/mol. The summed E-state index contributed by atoms with van der Waals surface area (Å²) in [5.74, 6) is 1.18. The van der Waals surface area contributed by atoms with E-state index in [1.54, 1.807) is 0 Å². The number of hydrogen-bond donors (Lipinski definition) is 1. The molecular weight excluding hydrogens is 304 g/mol. The molecule has 0 saturated carbocycles. The molecule has 2 unspecified atom stereocenters. The van der Waals surface area contributed by atoms with E-state index in [0.29, 0.717) is 17.9 Å². The largest absolute Gasteiger partial charge is 0.311 e. The van der Waals surface area contributed by atoms with Crippen molar-refractivity contribution in [2.45, 2.75) is 33.4 Å². The van der Waals surface area contributed by atoms with E-state index in [-0.39, 0.29) is 0 Å². The average Bonchev–Trinajstić information content (AvgIpc) is 2.69. The minimum absolute atomic E-state index is 0.319. The van der Waals surface area contributed by atoms with Gasteiger partial charge in [-0.05, 0) is 48.9 Å². The van der Waals surface area contributed by atoms with Crippen LogP contribution < -0.4 is 5.32 Å². The number of aromatic nitrogens is 2. The second-order valence-electron chi connectivity index (χ2n) is 5.77. The van der Waals surface area contributed by atoms with Gasteiger partial charge < -0.3 is 10.2 Å². The highest BCUT2D eigenvalue weighted by Crippen LogP contribution is 2.32. The summed E-state index contributed by atoms with van der Waals surface area (Å²) < 4.78 is 3.21. The Labute approximate surface area is 125 Å². The van der Waals surface area contributed by atoms with E-state index < -0.39 is 0 Å². The summed E-state index contributed by atoms with van der Waals surface area (Å²) in [6.07, 6.45) is 1.91. The van der Waals surface area contributed by atoms with Crippen LogP contribution in [0.3, 0.4) is 0 Å². The lowest BCUT2D eigenvalue weighted by atomic mass is 9.88. The van der Waals surface area contributed by atoms with Gasteiger partial charge >= 0.3 is 0 Å². The molecule has 0 aliphatic carbocycles. The second-order valence-corrected chi connectivity index (χ2v) is 6.63. The van der Waals surface area contributed by atoms with Crippen LogP contribution in [0.5, 0.6) is 0 Å². The molecule has 1 heterocycles. The van der Waals surface area contributed by atoms with E-state index in [4.69, 9.17) is 0 Å². The van der Waals surface area contributed by atoms with Gasteiger partial charge in [-0.15, -0.1) is 0 Å². The van der Waals surface area contributed by atoms with Gasteiger partial charge in [0.25, 0.3) is 0 Å². The molecule has 1 aromatic heterocycles. The Morgan fingerprint density at radius 2 is 2.00 bits per heavy atom. The van der Waals surface area contributed by atoms with Crippen molar-refractivity contribution < 1.29 is 0 Å². The van der Waals surface area contributed by atoms with Gasteiger partial charge in [0.15, 0.2) is 0 Å². The molecule has 0 fully saturated rings. The molecule has 5 heteroatoms. The van der Waals surface area contributed by atoms with Crippen molar-refractivity contribution in [2.75, 3.05) is 27.7 Å². The molecule has 110 valence electrons. The number of hydrogen-bond acceptors (Lipinski definition) is 3. The van der Waals surface area contributed by atoms with Crippen LogP contribution in [0.2, 0.25) is 0 Å². The number of likely N-dealkylation sites (N-methyl/N-ethyl adjacent to an activating group) is 1. The number of nitrogens with one attached hydrogen (secondary N) is 1. The quantitative estimate of drug-likeness (QED) is 0.834. The molecule has 1 aromatic rings. The Morgan fingerprint density at radius 1 is 1.37 bits per heavy atom. The molecule has 1 N–H and O–H groups in total. The third kappa shape index (κ3) is 4.29. The molecule has 4 nitrogen and oxygen atoms in total. The first-order valence-corrected chi connectivity index (χ1v) is 7.71. The number of nitrogens with zero attached hydrogens (tertiary/aromatic N) is 3. The third-order valence-electron chi connectivity index (χ3n) is 3.78. The Kier molecular flexibility index (Phi) is 6.50. The molecule has 0 saturated heterocycles. The van der Waals surface area contributed by atoms with Crippen molar-refractivity contribution in [2.24, 2.45) is 11.8 Å². The summed E-state index contributed by atoms with van der Waals surface area (Å²) in [6.45, 7) is 8.74. The summed E-state index contributed by atoms with van der Waals surface area (Å²) in [5.41, 5.74) is 1.26. The molecule has 19 heavy (non-hydrogen) atoms. The van der Waals surface area contributed by atoms with Gasteiger partial charge in [-0.25, -0.2) is 0 Å². The van der Waals surface area contributed by atoms with Crippen LogP contribution >= 0.6 is 15.9 Å². The maximum absolute atomic E-state index is 4.50. The summed E-state index contributed by atoms with van der Waals surface area (Å²) >= 11 is 3.65. The Hall–Kier alpha value is -0.390. The molecule has 0 amide bonds. The molecule has 1 rings (SSSR count).